The Kier molecular flexibility index (Phi) is 12.4. The maximum Gasteiger partial charge on any atom is 0.250 e. The van der Waals surface area contributed by atoms with Crippen LogP contribution in [0, 0.1) is 5.92 Å². The van der Waals surface area contributed by atoms with Crippen LogP contribution in [0.15, 0.2) is 26.7 Å². The molecule has 0 amide bonds. The fourth-order valence-corrected chi connectivity index (χ4v) is 4.49. The van der Waals surface area contributed by atoms with Gasteiger partial charge >= 0.3 is 0 Å². The summed E-state index contributed by atoms with van der Waals surface area (Å²) in [5.74, 6) is 1.18. The maximum absolute atomic E-state index is 12.0. The molecule has 0 aromatic carbocycles. The standard InChI is InChI=1S/C16H28N4O4S2.HI/c1-17-16(18-6-3-9-23-12-14-5-10-24-13-14)19-7-8-20-26(21,22)15-4-2-11-25-15;/h2,4,11,14,20H,3,5-10,12-13H2,1H3,(H2,17,18,19);1H. The molecule has 1 atom stereocenters. The van der Waals surface area contributed by atoms with Gasteiger partial charge in [0.1, 0.15) is 4.21 Å². The zero-order chi connectivity index (χ0) is 18.7. The zero-order valence-electron chi connectivity index (χ0n) is 15.5. The molecule has 1 aromatic rings. The molecule has 1 saturated heterocycles. The minimum atomic E-state index is -3.41. The van der Waals surface area contributed by atoms with Crippen molar-refractivity contribution in [2.24, 2.45) is 10.9 Å². The van der Waals surface area contributed by atoms with Crippen LogP contribution in [0.2, 0.25) is 0 Å². The van der Waals surface area contributed by atoms with E-state index < -0.39 is 10.0 Å². The van der Waals surface area contributed by atoms with Crippen molar-refractivity contribution in [2.45, 2.75) is 17.1 Å². The molecular weight excluding hydrogens is 503 g/mol. The molecule has 1 fully saturated rings. The Hall–Kier alpha value is -0.470. The molecule has 2 rings (SSSR count). The van der Waals surface area contributed by atoms with E-state index in [1.807, 2.05) is 0 Å². The molecule has 2 heterocycles. The van der Waals surface area contributed by atoms with E-state index in [0.29, 0.717) is 29.2 Å². The quantitative estimate of drug-likeness (QED) is 0.172. The van der Waals surface area contributed by atoms with Crippen LogP contribution in [0.5, 0.6) is 0 Å². The third-order valence-electron chi connectivity index (χ3n) is 3.83. The number of thiophene rings is 1. The largest absolute Gasteiger partial charge is 0.381 e. The van der Waals surface area contributed by atoms with Crippen LogP contribution in [0.3, 0.4) is 0 Å². The van der Waals surface area contributed by atoms with E-state index in [4.69, 9.17) is 9.47 Å². The molecule has 0 radical (unpaired) electrons. The van der Waals surface area contributed by atoms with Gasteiger partial charge in [0.05, 0.1) is 13.2 Å². The predicted molar refractivity (Wildman–Crippen MR) is 119 cm³/mol. The van der Waals surface area contributed by atoms with E-state index in [1.54, 1.807) is 24.6 Å². The van der Waals surface area contributed by atoms with Gasteiger partial charge in [-0.05, 0) is 24.3 Å². The van der Waals surface area contributed by atoms with E-state index in [9.17, 15) is 8.42 Å². The van der Waals surface area contributed by atoms with Crippen molar-refractivity contribution in [1.29, 1.82) is 0 Å². The SMILES string of the molecule is CN=C(NCCCOCC1CCOC1)NCCNS(=O)(=O)c1cccs1.I. The normalized spacial score (nSPS) is 17.5. The van der Waals surface area contributed by atoms with Crippen LogP contribution >= 0.6 is 35.3 Å². The van der Waals surface area contributed by atoms with E-state index in [0.717, 1.165) is 39.2 Å². The summed E-state index contributed by atoms with van der Waals surface area (Å²) in [6, 6.07) is 3.30. The smallest absolute Gasteiger partial charge is 0.250 e. The second-order valence-electron chi connectivity index (χ2n) is 5.91. The van der Waals surface area contributed by atoms with Gasteiger partial charge in [-0.25, -0.2) is 13.1 Å². The van der Waals surface area contributed by atoms with Crippen molar-refractivity contribution in [3.8, 4) is 0 Å². The Morgan fingerprint density at radius 2 is 2.19 bits per heavy atom. The summed E-state index contributed by atoms with van der Waals surface area (Å²) in [6.45, 7) is 4.59. The minimum absolute atomic E-state index is 0. The van der Waals surface area contributed by atoms with Crippen LogP contribution < -0.4 is 15.4 Å². The number of nitrogens with one attached hydrogen (secondary N) is 3. The second kappa shape index (κ2) is 13.7. The average Bonchev–Trinajstić information content (AvgIpc) is 3.33. The van der Waals surface area contributed by atoms with Gasteiger partial charge in [0.2, 0.25) is 10.0 Å². The topological polar surface area (TPSA) is 101 Å². The first kappa shape index (κ1) is 24.6. The lowest BCUT2D eigenvalue weighted by Crippen LogP contribution is -2.41. The van der Waals surface area contributed by atoms with Gasteiger partial charge < -0.3 is 20.1 Å². The van der Waals surface area contributed by atoms with Crippen molar-refractivity contribution in [1.82, 2.24) is 15.4 Å². The van der Waals surface area contributed by atoms with E-state index in [2.05, 4.69) is 20.3 Å². The predicted octanol–water partition coefficient (Wildman–Crippen LogP) is 1.25. The van der Waals surface area contributed by atoms with Crippen LogP contribution in [0.1, 0.15) is 12.8 Å². The van der Waals surface area contributed by atoms with Crippen molar-refractivity contribution in [3.05, 3.63) is 17.5 Å². The monoisotopic (exact) mass is 532 g/mol. The average molecular weight is 532 g/mol. The number of guanidine groups is 1. The fraction of sp³-hybridized carbons (Fsp3) is 0.688. The third kappa shape index (κ3) is 9.52. The molecule has 0 saturated carbocycles. The van der Waals surface area contributed by atoms with Crippen LogP contribution in [0.4, 0.5) is 0 Å². The van der Waals surface area contributed by atoms with Crippen molar-refractivity contribution >= 4 is 51.3 Å². The molecule has 1 aliphatic heterocycles. The molecule has 1 aromatic heterocycles. The van der Waals surface area contributed by atoms with E-state index in [-0.39, 0.29) is 30.5 Å². The first-order valence-corrected chi connectivity index (χ1v) is 11.1. The Bertz CT molecular complexity index is 635. The number of halogens is 1. The molecule has 0 spiro atoms. The number of ether oxygens (including phenoxy) is 2. The Balaban J connectivity index is 0.00000364. The Labute approximate surface area is 182 Å². The number of hydrogen-bond donors (Lipinski definition) is 3. The molecule has 0 bridgehead atoms. The molecule has 156 valence electrons. The molecule has 0 aliphatic carbocycles. The van der Waals surface area contributed by atoms with Crippen LogP contribution in [0.25, 0.3) is 0 Å². The Morgan fingerprint density at radius 3 is 2.85 bits per heavy atom. The van der Waals surface area contributed by atoms with Gasteiger partial charge in [-0.15, -0.1) is 35.3 Å². The molecule has 1 unspecified atom stereocenters. The van der Waals surface area contributed by atoms with Crippen LogP contribution in [-0.2, 0) is 19.5 Å². The first-order chi connectivity index (χ1) is 12.6. The number of aliphatic imine (C=N–C) groups is 1. The number of sulfonamides is 1. The van der Waals surface area contributed by atoms with Gasteiger partial charge in [-0.3, -0.25) is 4.99 Å². The lowest BCUT2D eigenvalue weighted by molar-refractivity contribution is 0.0888. The highest BCUT2D eigenvalue weighted by atomic mass is 127. The van der Waals surface area contributed by atoms with E-state index >= 15 is 0 Å². The summed E-state index contributed by atoms with van der Waals surface area (Å²) in [4.78, 5) is 4.11. The summed E-state index contributed by atoms with van der Waals surface area (Å²) in [7, 11) is -1.73. The maximum atomic E-state index is 12.0. The highest BCUT2D eigenvalue weighted by molar-refractivity contribution is 14.0. The fourth-order valence-electron chi connectivity index (χ4n) is 2.42. The van der Waals surface area contributed by atoms with Crippen molar-refractivity contribution in [2.75, 3.05) is 53.1 Å². The van der Waals surface area contributed by atoms with Crippen molar-refractivity contribution < 1.29 is 17.9 Å². The molecular formula is C16H29IN4O4S2. The molecule has 8 nitrogen and oxygen atoms in total. The van der Waals surface area contributed by atoms with Gasteiger partial charge in [-0.1, -0.05) is 6.07 Å². The number of nitrogens with zero attached hydrogens (tertiary/aromatic N) is 1. The Morgan fingerprint density at radius 1 is 1.37 bits per heavy atom. The zero-order valence-corrected chi connectivity index (χ0v) is 19.4. The number of rotatable bonds is 11. The second-order valence-corrected chi connectivity index (χ2v) is 8.86. The van der Waals surface area contributed by atoms with Gasteiger partial charge in [0.25, 0.3) is 0 Å². The third-order valence-corrected chi connectivity index (χ3v) is 6.69. The lowest BCUT2D eigenvalue weighted by atomic mass is 10.1. The van der Waals surface area contributed by atoms with Gasteiger partial charge in [0.15, 0.2) is 5.96 Å². The summed E-state index contributed by atoms with van der Waals surface area (Å²) < 4.78 is 37.8. The van der Waals surface area contributed by atoms with Gasteiger partial charge in [0, 0.05) is 45.8 Å². The molecule has 11 heteroatoms. The molecule has 1 aliphatic rings. The summed E-state index contributed by atoms with van der Waals surface area (Å²) in [6.07, 6.45) is 1.96. The molecule has 3 N–H and O–H groups in total. The van der Waals surface area contributed by atoms with E-state index in [1.165, 1.54) is 11.3 Å². The van der Waals surface area contributed by atoms with Crippen molar-refractivity contribution in [3.63, 3.8) is 0 Å². The van der Waals surface area contributed by atoms with Gasteiger partial charge in [-0.2, -0.15) is 0 Å². The lowest BCUT2D eigenvalue weighted by Gasteiger charge is -2.13. The first-order valence-electron chi connectivity index (χ1n) is 8.75. The highest BCUT2D eigenvalue weighted by Gasteiger charge is 2.15. The number of hydrogen-bond acceptors (Lipinski definition) is 6. The van der Waals surface area contributed by atoms with Crippen LogP contribution in [-0.4, -0.2) is 67.5 Å². The summed E-state index contributed by atoms with van der Waals surface area (Å²) in [5, 5.41) is 8.00. The minimum Gasteiger partial charge on any atom is -0.381 e. The molecule has 27 heavy (non-hydrogen) atoms. The summed E-state index contributed by atoms with van der Waals surface area (Å²) in [5.41, 5.74) is 0. The highest BCUT2D eigenvalue weighted by Crippen LogP contribution is 2.14. The summed E-state index contributed by atoms with van der Waals surface area (Å²) >= 11 is 1.20.